The Morgan fingerprint density at radius 1 is 0.968 bits per heavy atom. The van der Waals surface area contributed by atoms with E-state index in [-0.39, 0.29) is 0 Å². The van der Waals surface area contributed by atoms with Crippen LogP contribution in [0.15, 0.2) is 60.8 Å². The number of benzene rings is 2. The number of hydrogen-bond donors (Lipinski definition) is 1. The van der Waals surface area contributed by atoms with Crippen LogP contribution in [-0.2, 0) is 13.6 Å². The number of fused-ring (bicyclic) bond motifs is 1. The Morgan fingerprint density at radius 2 is 1.77 bits per heavy atom. The number of nitrogens with one attached hydrogen (secondary N) is 1. The summed E-state index contributed by atoms with van der Waals surface area (Å²) >= 11 is 0. The van der Waals surface area contributed by atoms with Crippen LogP contribution in [0.4, 0.5) is 17.5 Å². The van der Waals surface area contributed by atoms with Crippen molar-refractivity contribution in [3.8, 4) is 0 Å². The monoisotopic (exact) mass is 431 g/mol. The molecule has 31 heavy (non-hydrogen) atoms. The average Bonchev–Trinajstić information content (AvgIpc) is 3.16. The van der Waals surface area contributed by atoms with Crippen molar-refractivity contribution < 1.29 is 0 Å². The molecule has 0 bridgehead atoms. The number of piperazine rings is 1. The van der Waals surface area contributed by atoms with E-state index >= 15 is 0 Å². The molecule has 1 atom stereocenters. The van der Waals surface area contributed by atoms with Gasteiger partial charge >= 0.3 is 0 Å². The number of aryl methyl sites for hydroxylation is 1. The van der Waals surface area contributed by atoms with E-state index in [1.807, 2.05) is 30.1 Å². The summed E-state index contributed by atoms with van der Waals surface area (Å²) in [6.45, 7) is 4.75. The Labute approximate surface area is 184 Å². The first-order valence-corrected chi connectivity index (χ1v) is 11.1. The summed E-state index contributed by atoms with van der Waals surface area (Å²) in [5.74, 6) is 1.54. The number of anilines is 3. The standard InChI is InChI=1S/C23H26N7P/c1-28-22-20(15-24-28)21(25-18-8-5-9-19(31)14-18)26-23(27-22)30-12-10-29(11-13-30)16-17-6-3-2-4-7-17/h2-9,14-15H,10-13,16,31H2,1H3,(H,25,26,27). The molecule has 1 aliphatic rings. The van der Waals surface area contributed by atoms with Crippen LogP contribution in [0.2, 0.25) is 0 Å². The predicted octanol–water partition coefficient (Wildman–Crippen LogP) is 2.93. The summed E-state index contributed by atoms with van der Waals surface area (Å²) in [5.41, 5.74) is 3.18. The molecule has 0 amide bonds. The van der Waals surface area contributed by atoms with Crippen LogP contribution in [0, 0.1) is 0 Å². The van der Waals surface area contributed by atoms with Gasteiger partial charge in [0, 0.05) is 45.5 Å². The molecule has 1 aliphatic heterocycles. The van der Waals surface area contributed by atoms with Gasteiger partial charge in [-0.3, -0.25) is 9.58 Å². The van der Waals surface area contributed by atoms with Gasteiger partial charge in [0.25, 0.3) is 0 Å². The van der Waals surface area contributed by atoms with E-state index in [0.717, 1.165) is 66.5 Å². The van der Waals surface area contributed by atoms with Crippen LogP contribution >= 0.6 is 9.24 Å². The van der Waals surface area contributed by atoms with Crippen molar-refractivity contribution in [3.05, 3.63) is 66.4 Å². The van der Waals surface area contributed by atoms with E-state index in [0.29, 0.717) is 0 Å². The lowest BCUT2D eigenvalue weighted by atomic mass is 10.2. The fourth-order valence-electron chi connectivity index (χ4n) is 3.95. The second-order valence-electron chi connectivity index (χ2n) is 7.88. The third kappa shape index (κ3) is 4.38. The largest absolute Gasteiger partial charge is 0.339 e. The van der Waals surface area contributed by atoms with Gasteiger partial charge in [0.15, 0.2) is 5.65 Å². The fourth-order valence-corrected chi connectivity index (χ4v) is 4.24. The lowest BCUT2D eigenvalue weighted by Gasteiger charge is -2.34. The van der Waals surface area contributed by atoms with E-state index in [2.05, 4.69) is 71.9 Å². The summed E-state index contributed by atoms with van der Waals surface area (Å²) in [5, 5.41) is 9.91. The minimum absolute atomic E-state index is 0.750. The summed E-state index contributed by atoms with van der Waals surface area (Å²) in [4.78, 5) is 14.5. The highest BCUT2D eigenvalue weighted by Gasteiger charge is 2.21. The second kappa shape index (κ2) is 8.61. The van der Waals surface area contributed by atoms with Gasteiger partial charge in [0.05, 0.1) is 11.6 Å². The normalized spacial score (nSPS) is 14.8. The fraction of sp³-hybridized carbons (Fsp3) is 0.261. The van der Waals surface area contributed by atoms with Crippen molar-refractivity contribution in [1.29, 1.82) is 0 Å². The van der Waals surface area contributed by atoms with E-state index < -0.39 is 0 Å². The molecule has 1 unspecified atom stereocenters. The molecule has 5 rings (SSSR count). The van der Waals surface area contributed by atoms with Crippen molar-refractivity contribution in [2.75, 3.05) is 36.4 Å². The molecule has 158 valence electrons. The molecule has 7 nitrogen and oxygen atoms in total. The van der Waals surface area contributed by atoms with E-state index in [4.69, 9.17) is 9.97 Å². The van der Waals surface area contributed by atoms with Gasteiger partial charge in [-0.1, -0.05) is 42.5 Å². The summed E-state index contributed by atoms with van der Waals surface area (Å²) in [6.07, 6.45) is 1.82. The lowest BCUT2D eigenvalue weighted by Crippen LogP contribution is -2.46. The Hall–Kier alpha value is -3.02. The topological polar surface area (TPSA) is 62.1 Å². The zero-order valence-corrected chi connectivity index (χ0v) is 18.7. The molecule has 1 saturated heterocycles. The number of aromatic nitrogens is 4. The molecule has 0 spiro atoms. The zero-order chi connectivity index (χ0) is 21.2. The average molecular weight is 431 g/mol. The predicted molar refractivity (Wildman–Crippen MR) is 129 cm³/mol. The van der Waals surface area contributed by atoms with Crippen LogP contribution in [0.25, 0.3) is 11.0 Å². The molecule has 2 aromatic heterocycles. The molecule has 4 aromatic rings. The molecular weight excluding hydrogens is 405 g/mol. The van der Waals surface area contributed by atoms with Crippen LogP contribution in [0.5, 0.6) is 0 Å². The van der Waals surface area contributed by atoms with Crippen LogP contribution < -0.4 is 15.5 Å². The van der Waals surface area contributed by atoms with Crippen molar-refractivity contribution >= 4 is 43.0 Å². The summed E-state index contributed by atoms with van der Waals surface area (Å²) in [7, 11) is 4.65. The van der Waals surface area contributed by atoms with Gasteiger partial charge in [-0.2, -0.15) is 15.1 Å². The highest BCUT2D eigenvalue weighted by Crippen LogP contribution is 2.26. The first-order chi connectivity index (χ1) is 15.2. The molecule has 1 fully saturated rings. The number of rotatable bonds is 5. The van der Waals surface area contributed by atoms with Gasteiger partial charge in [0.1, 0.15) is 5.82 Å². The zero-order valence-electron chi connectivity index (χ0n) is 17.6. The number of hydrogen-bond acceptors (Lipinski definition) is 6. The quantitative estimate of drug-likeness (QED) is 0.491. The minimum Gasteiger partial charge on any atom is -0.339 e. The number of nitrogens with zero attached hydrogens (tertiary/aromatic N) is 6. The Morgan fingerprint density at radius 3 is 2.55 bits per heavy atom. The molecular formula is C23H26N7P. The third-order valence-corrected chi connectivity index (χ3v) is 5.99. The summed E-state index contributed by atoms with van der Waals surface area (Å²) < 4.78 is 1.81. The van der Waals surface area contributed by atoms with Crippen LogP contribution in [-0.4, -0.2) is 50.8 Å². The van der Waals surface area contributed by atoms with Crippen molar-refractivity contribution in [2.45, 2.75) is 6.54 Å². The maximum absolute atomic E-state index is 4.90. The lowest BCUT2D eigenvalue weighted by molar-refractivity contribution is 0.249. The summed E-state index contributed by atoms with van der Waals surface area (Å²) in [6, 6.07) is 18.8. The van der Waals surface area contributed by atoms with E-state index in [1.54, 1.807) is 0 Å². The molecule has 3 heterocycles. The van der Waals surface area contributed by atoms with E-state index in [9.17, 15) is 0 Å². The highest BCUT2D eigenvalue weighted by molar-refractivity contribution is 7.27. The smallest absolute Gasteiger partial charge is 0.229 e. The molecule has 0 radical (unpaired) electrons. The van der Waals surface area contributed by atoms with Gasteiger partial charge in [-0.05, 0) is 23.0 Å². The first-order valence-electron chi connectivity index (χ1n) is 10.5. The van der Waals surface area contributed by atoms with Gasteiger partial charge in [-0.25, -0.2) is 0 Å². The molecule has 2 aromatic carbocycles. The minimum atomic E-state index is 0.750. The molecule has 1 N–H and O–H groups in total. The van der Waals surface area contributed by atoms with Gasteiger partial charge < -0.3 is 10.2 Å². The van der Waals surface area contributed by atoms with Gasteiger partial charge in [0.2, 0.25) is 5.95 Å². The second-order valence-corrected chi connectivity index (χ2v) is 8.54. The highest BCUT2D eigenvalue weighted by atomic mass is 31.0. The van der Waals surface area contributed by atoms with Crippen molar-refractivity contribution in [1.82, 2.24) is 24.6 Å². The van der Waals surface area contributed by atoms with Crippen molar-refractivity contribution in [3.63, 3.8) is 0 Å². The van der Waals surface area contributed by atoms with E-state index in [1.165, 1.54) is 5.56 Å². The van der Waals surface area contributed by atoms with Crippen LogP contribution in [0.1, 0.15) is 5.56 Å². The van der Waals surface area contributed by atoms with Gasteiger partial charge in [-0.15, -0.1) is 9.24 Å². The molecule has 0 saturated carbocycles. The third-order valence-electron chi connectivity index (χ3n) is 5.63. The van der Waals surface area contributed by atoms with Crippen LogP contribution in [0.3, 0.4) is 0 Å². The molecule has 0 aliphatic carbocycles. The Balaban J connectivity index is 1.37. The Bertz CT molecular complexity index is 1180. The maximum atomic E-state index is 4.90. The SMILES string of the molecule is Cn1ncc2c(Nc3cccc(P)c3)nc(N3CCN(Cc4ccccc4)CC3)nc21. The maximum Gasteiger partial charge on any atom is 0.229 e. The Kier molecular flexibility index (Phi) is 5.53. The molecule has 8 heteroatoms. The van der Waals surface area contributed by atoms with Crippen molar-refractivity contribution in [2.24, 2.45) is 7.05 Å². The first kappa shape index (κ1) is 19.9.